The van der Waals surface area contributed by atoms with Crippen molar-refractivity contribution in [3.05, 3.63) is 53.1 Å². The number of rotatable bonds is 4. The molecule has 1 aromatic carbocycles. The van der Waals surface area contributed by atoms with Crippen molar-refractivity contribution >= 4 is 16.7 Å². The van der Waals surface area contributed by atoms with Gasteiger partial charge in [0.25, 0.3) is 11.3 Å². The summed E-state index contributed by atoms with van der Waals surface area (Å²) in [6, 6.07) is 9.38. The van der Waals surface area contributed by atoms with Crippen LogP contribution in [-0.2, 0) is 11.3 Å². The Morgan fingerprint density at radius 1 is 1.25 bits per heavy atom. The lowest BCUT2D eigenvalue weighted by Gasteiger charge is -2.12. The Bertz CT molecular complexity index is 1210. The maximum Gasteiger partial charge on any atom is 0.261 e. The van der Waals surface area contributed by atoms with Gasteiger partial charge in [0.2, 0.25) is 0 Å². The van der Waals surface area contributed by atoms with E-state index in [0.29, 0.717) is 29.0 Å². The van der Waals surface area contributed by atoms with Crippen molar-refractivity contribution in [3.63, 3.8) is 0 Å². The monoisotopic (exact) mass is 377 g/mol. The van der Waals surface area contributed by atoms with E-state index >= 15 is 0 Å². The van der Waals surface area contributed by atoms with Crippen LogP contribution in [0.1, 0.15) is 12.8 Å². The molecule has 8 heteroatoms. The van der Waals surface area contributed by atoms with Crippen molar-refractivity contribution in [2.24, 2.45) is 0 Å². The minimum absolute atomic E-state index is 0.0936. The molecular formula is C20H19N5O3. The number of hydrogen-bond acceptors (Lipinski definition) is 6. The smallest absolute Gasteiger partial charge is 0.261 e. The molecule has 1 atom stereocenters. The zero-order valence-corrected chi connectivity index (χ0v) is 15.4. The third-order valence-corrected chi connectivity index (χ3v) is 5.08. The normalized spacial score (nSPS) is 16.8. The summed E-state index contributed by atoms with van der Waals surface area (Å²) in [7, 11) is 1.62. The molecule has 0 unspecified atom stereocenters. The van der Waals surface area contributed by atoms with Crippen LogP contribution in [-0.4, -0.2) is 44.0 Å². The van der Waals surface area contributed by atoms with Crippen LogP contribution >= 0.6 is 0 Å². The van der Waals surface area contributed by atoms with Gasteiger partial charge >= 0.3 is 0 Å². The Labute approximate surface area is 160 Å². The van der Waals surface area contributed by atoms with Gasteiger partial charge in [-0.05, 0) is 43.2 Å². The van der Waals surface area contributed by atoms with Crippen molar-refractivity contribution in [1.29, 1.82) is 0 Å². The van der Waals surface area contributed by atoms with Gasteiger partial charge in [-0.15, -0.1) is 5.10 Å². The predicted octanol–water partition coefficient (Wildman–Crippen LogP) is 2.29. The van der Waals surface area contributed by atoms with Gasteiger partial charge < -0.3 is 14.0 Å². The fourth-order valence-corrected chi connectivity index (χ4v) is 3.57. The van der Waals surface area contributed by atoms with E-state index < -0.39 is 0 Å². The Morgan fingerprint density at radius 3 is 2.86 bits per heavy atom. The summed E-state index contributed by atoms with van der Waals surface area (Å²) < 4.78 is 14.1. The van der Waals surface area contributed by atoms with Gasteiger partial charge in [-0.25, -0.2) is 4.98 Å². The largest absolute Gasteiger partial charge is 0.497 e. The number of aromatic nitrogens is 5. The van der Waals surface area contributed by atoms with Gasteiger partial charge in [0.15, 0.2) is 5.82 Å². The van der Waals surface area contributed by atoms with Gasteiger partial charge in [0.05, 0.1) is 30.7 Å². The van der Waals surface area contributed by atoms with Crippen LogP contribution in [0.15, 0.2) is 47.5 Å². The molecule has 3 aromatic heterocycles. The summed E-state index contributed by atoms with van der Waals surface area (Å²) in [4.78, 5) is 21.7. The van der Waals surface area contributed by atoms with Crippen molar-refractivity contribution in [2.45, 2.75) is 25.5 Å². The van der Waals surface area contributed by atoms with Crippen LogP contribution in [0, 0.1) is 0 Å². The minimum Gasteiger partial charge on any atom is -0.497 e. The Kier molecular flexibility index (Phi) is 4.05. The fourth-order valence-electron chi connectivity index (χ4n) is 3.57. The predicted molar refractivity (Wildman–Crippen MR) is 104 cm³/mol. The zero-order chi connectivity index (χ0) is 19.1. The maximum absolute atomic E-state index is 12.9. The van der Waals surface area contributed by atoms with E-state index in [2.05, 4.69) is 15.1 Å². The highest BCUT2D eigenvalue weighted by Gasteiger charge is 2.18. The van der Waals surface area contributed by atoms with Crippen LogP contribution in [0.3, 0.4) is 0 Å². The lowest BCUT2D eigenvalue weighted by atomic mass is 10.2. The number of benzene rings is 1. The van der Waals surface area contributed by atoms with E-state index in [-0.39, 0.29) is 11.7 Å². The highest BCUT2D eigenvalue weighted by molar-refractivity contribution is 5.79. The average molecular weight is 377 g/mol. The molecule has 0 bridgehead atoms. The third kappa shape index (κ3) is 2.82. The van der Waals surface area contributed by atoms with Crippen LogP contribution < -0.4 is 10.3 Å². The molecule has 0 N–H and O–H groups in total. The summed E-state index contributed by atoms with van der Waals surface area (Å²) in [5.41, 5.74) is 1.45. The second-order valence-electron chi connectivity index (χ2n) is 6.84. The Hall–Kier alpha value is -3.26. The number of methoxy groups -OCH3 is 1. The molecule has 0 aliphatic carbocycles. The molecule has 28 heavy (non-hydrogen) atoms. The first-order valence-electron chi connectivity index (χ1n) is 9.24. The zero-order valence-electron chi connectivity index (χ0n) is 15.4. The lowest BCUT2D eigenvalue weighted by Crippen LogP contribution is -2.26. The molecule has 0 amide bonds. The van der Waals surface area contributed by atoms with Gasteiger partial charge in [-0.1, -0.05) is 0 Å². The van der Waals surface area contributed by atoms with Gasteiger partial charge in [-0.2, -0.15) is 9.50 Å². The first kappa shape index (κ1) is 16.9. The highest BCUT2D eigenvalue weighted by atomic mass is 16.5. The molecule has 0 spiro atoms. The molecule has 1 aliphatic rings. The average Bonchev–Trinajstić information content (AvgIpc) is 3.39. The van der Waals surface area contributed by atoms with E-state index in [4.69, 9.17) is 9.47 Å². The molecule has 0 radical (unpaired) electrons. The summed E-state index contributed by atoms with van der Waals surface area (Å²) in [5, 5.41) is 5.08. The van der Waals surface area contributed by atoms with Gasteiger partial charge in [-0.3, -0.25) is 4.79 Å². The molecule has 142 valence electrons. The number of pyridine rings is 1. The molecule has 8 nitrogen and oxygen atoms in total. The second kappa shape index (κ2) is 6.72. The molecule has 0 saturated carbocycles. The summed E-state index contributed by atoms with van der Waals surface area (Å²) >= 11 is 0. The van der Waals surface area contributed by atoms with Gasteiger partial charge in [0.1, 0.15) is 5.75 Å². The van der Waals surface area contributed by atoms with Crippen molar-refractivity contribution < 1.29 is 9.47 Å². The quantitative estimate of drug-likeness (QED) is 0.543. The molecule has 1 fully saturated rings. The molecular weight excluding hydrogens is 358 g/mol. The lowest BCUT2D eigenvalue weighted by molar-refractivity contribution is 0.0963. The molecule has 5 rings (SSSR count). The number of nitrogens with zero attached hydrogens (tertiary/aromatic N) is 5. The highest BCUT2D eigenvalue weighted by Crippen LogP contribution is 2.21. The molecule has 4 aromatic rings. The van der Waals surface area contributed by atoms with Crippen LogP contribution in [0.5, 0.6) is 5.75 Å². The topological polar surface area (TPSA) is 83.5 Å². The van der Waals surface area contributed by atoms with Crippen LogP contribution in [0.2, 0.25) is 0 Å². The third-order valence-electron chi connectivity index (χ3n) is 5.08. The summed E-state index contributed by atoms with van der Waals surface area (Å²) in [6.07, 6.45) is 5.49. The standard InChI is InChI=1S/C20H19N5O3/c1-27-14-6-4-13(5-7-14)18-22-20-21-11-16-17(25(20)23-18)8-9-24(19(16)26)12-15-3-2-10-28-15/h4-9,11,15H,2-3,10,12H2,1H3/t15-/m1/s1. The maximum atomic E-state index is 12.9. The SMILES string of the molecule is COc1ccc(-c2nc3ncc4c(=O)n(C[C@H]5CCCO5)ccc4n3n2)cc1. The van der Waals surface area contributed by atoms with Crippen molar-refractivity contribution in [2.75, 3.05) is 13.7 Å². The summed E-state index contributed by atoms with van der Waals surface area (Å²) in [5.74, 6) is 1.77. The van der Waals surface area contributed by atoms with Gasteiger partial charge in [0, 0.05) is 24.6 Å². The van der Waals surface area contributed by atoms with E-state index in [1.807, 2.05) is 30.3 Å². The molecule has 4 heterocycles. The van der Waals surface area contributed by atoms with Crippen LogP contribution in [0.4, 0.5) is 0 Å². The van der Waals surface area contributed by atoms with Crippen LogP contribution in [0.25, 0.3) is 28.1 Å². The van der Waals surface area contributed by atoms with E-state index in [1.54, 1.807) is 28.6 Å². The number of fused-ring (bicyclic) bond motifs is 3. The first-order chi connectivity index (χ1) is 13.7. The van der Waals surface area contributed by atoms with E-state index in [0.717, 1.165) is 30.8 Å². The number of hydrogen-bond donors (Lipinski definition) is 0. The van der Waals surface area contributed by atoms with E-state index in [9.17, 15) is 4.79 Å². The summed E-state index contributed by atoms with van der Waals surface area (Å²) in [6.45, 7) is 1.32. The molecule has 1 saturated heterocycles. The molecule has 1 aliphatic heterocycles. The second-order valence-corrected chi connectivity index (χ2v) is 6.84. The van der Waals surface area contributed by atoms with Crippen molar-refractivity contribution in [3.8, 4) is 17.1 Å². The first-order valence-corrected chi connectivity index (χ1v) is 9.24. The fraction of sp³-hybridized carbons (Fsp3) is 0.300. The van der Waals surface area contributed by atoms with Crippen molar-refractivity contribution in [1.82, 2.24) is 24.1 Å². The Morgan fingerprint density at radius 2 is 2.11 bits per heavy atom. The van der Waals surface area contributed by atoms with E-state index in [1.165, 1.54) is 0 Å². The number of ether oxygens (including phenoxy) is 2. The minimum atomic E-state index is -0.0936. The Balaban J connectivity index is 1.58.